The van der Waals surface area contributed by atoms with Gasteiger partial charge >= 0.3 is 0 Å². The van der Waals surface area contributed by atoms with Crippen LogP contribution >= 0.6 is 0 Å². The minimum absolute atomic E-state index is 0.0503. The number of nitrogens with one attached hydrogen (secondary N) is 3. The molecule has 0 spiro atoms. The Bertz CT molecular complexity index is 1450. The summed E-state index contributed by atoms with van der Waals surface area (Å²) >= 11 is 0. The van der Waals surface area contributed by atoms with E-state index in [1.807, 2.05) is 42.5 Å². The molecule has 3 aromatic carbocycles. The summed E-state index contributed by atoms with van der Waals surface area (Å²) in [7, 11) is -4.08. The highest BCUT2D eigenvalue weighted by molar-refractivity contribution is 7.87. The van der Waals surface area contributed by atoms with E-state index in [1.54, 1.807) is 34.1 Å². The third-order valence-corrected chi connectivity index (χ3v) is 7.76. The molecule has 0 saturated carbocycles. The van der Waals surface area contributed by atoms with E-state index in [9.17, 15) is 18.0 Å². The van der Waals surface area contributed by atoms with E-state index in [0.29, 0.717) is 37.3 Å². The Labute approximate surface area is 222 Å². The maximum Gasteiger partial charge on any atom is 0.277 e. The Morgan fingerprint density at radius 1 is 0.974 bits per heavy atom. The molecule has 1 heterocycles. The number of benzene rings is 3. The molecule has 1 fully saturated rings. The summed E-state index contributed by atoms with van der Waals surface area (Å²) in [5, 5.41) is 9.64. The Hall–Kier alpha value is -3.80. The van der Waals surface area contributed by atoms with E-state index < -0.39 is 16.3 Å². The minimum atomic E-state index is -4.08. The van der Waals surface area contributed by atoms with Crippen molar-refractivity contribution in [2.24, 2.45) is 5.73 Å². The van der Waals surface area contributed by atoms with Crippen LogP contribution in [0.5, 0.6) is 0 Å². The van der Waals surface area contributed by atoms with Crippen molar-refractivity contribution in [1.29, 1.82) is 5.41 Å². The largest absolute Gasteiger partial charge is 0.384 e. The average Bonchev–Trinajstić information content (AvgIpc) is 2.91. The number of carbonyl (C=O) groups excluding carboxylic acids is 2. The van der Waals surface area contributed by atoms with Crippen LogP contribution in [0.4, 0.5) is 0 Å². The van der Waals surface area contributed by atoms with Crippen LogP contribution in [0.2, 0.25) is 0 Å². The molecule has 3 aromatic rings. The first kappa shape index (κ1) is 27.2. The number of fused-ring (bicyclic) bond motifs is 1. The molecule has 38 heavy (non-hydrogen) atoms. The summed E-state index contributed by atoms with van der Waals surface area (Å²) < 4.78 is 31.4. The lowest BCUT2D eigenvalue weighted by molar-refractivity contribution is -0.139. The van der Waals surface area contributed by atoms with Gasteiger partial charge in [-0.25, -0.2) is 0 Å². The molecule has 200 valence electrons. The zero-order chi connectivity index (χ0) is 27.3. The van der Waals surface area contributed by atoms with Crippen molar-refractivity contribution in [2.45, 2.75) is 25.9 Å². The van der Waals surface area contributed by atoms with Gasteiger partial charge in [0.15, 0.2) is 0 Å². The molecule has 1 atom stereocenters. The molecular formula is C27H32N6O4S. The molecule has 4 rings (SSSR count). The average molecular weight is 537 g/mol. The van der Waals surface area contributed by atoms with Gasteiger partial charge in [0.25, 0.3) is 10.2 Å². The van der Waals surface area contributed by atoms with E-state index in [1.165, 1.54) is 6.92 Å². The quantitative estimate of drug-likeness (QED) is 0.241. The van der Waals surface area contributed by atoms with Crippen molar-refractivity contribution in [2.75, 3.05) is 26.2 Å². The van der Waals surface area contributed by atoms with Crippen LogP contribution in [-0.2, 0) is 32.8 Å². The number of rotatable bonds is 9. The number of nitrogens with zero attached hydrogens (tertiary/aromatic N) is 2. The normalized spacial score (nSPS) is 14.9. The Kier molecular flexibility index (Phi) is 8.40. The molecule has 2 amide bonds. The molecular weight excluding hydrogens is 504 g/mol. The first-order valence-corrected chi connectivity index (χ1v) is 13.8. The van der Waals surface area contributed by atoms with Crippen LogP contribution in [0.3, 0.4) is 0 Å². The van der Waals surface area contributed by atoms with Crippen molar-refractivity contribution < 1.29 is 18.0 Å². The number of amidine groups is 1. The molecule has 0 aromatic heterocycles. The van der Waals surface area contributed by atoms with Gasteiger partial charge in [-0.2, -0.15) is 17.9 Å². The Balaban J connectivity index is 1.53. The molecule has 0 aliphatic carbocycles. The summed E-state index contributed by atoms with van der Waals surface area (Å²) in [6.07, 6.45) is 0.0715. The molecule has 0 bridgehead atoms. The standard InChI is InChI=1S/C27H32N6O4S/c1-19(34)32-12-14-33(15-13-32)27(35)25(17-20-6-4-9-22(16-20)26(28)29)31-38(36,37)30-18-23-10-5-8-21-7-2-3-11-24(21)23/h2-11,16,25,30-31H,12-15,17-18H2,1H3,(H3,28,29)/t25-/m0/s1. The van der Waals surface area contributed by atoms with Gasteiger partial charge < -0.3 is 15.5 Å². The fourth-order valence-corrected chi connectivity index (χ4v) is 5.58. The molecule has 0 radical (unpaired) electrons. The van der Waals surface area contributed by atoms with Crippen LogP contribution in [0.15, 0.2) is 66.7 Å². The highest BCUT2D eigenvalue weighted by Gasteiger charge is 2.31. The topological polar surface area (TPSA) is 149 Å². The van der Waals surface area contributed by atoms with Crippen molar-refractivity contribution in [3.8, 4) is 0 Å². The number of amides is 2. The fourth-order valence-electron chi connectivity index (χ4n) is 4.59. The second-order valence-corrected chi connectivity index (χ2v) is 10.8. The SMILES string of the molecule is CC(=O)N1CCN(C(=O)[C@H](Cc2cccc(C(=N)N)c2)NS(=O)(=O)NCc2cccc3ccccc23)CC1. The second kappa shape index (κ2) is 11.7. The summed E-state index contributed by atoms with van der Waals surface area (Å²) in [6.45, 7) is 2.94. The van der Waals surface area contributed by atoms with Crippen LogP contribution in [-0.4, -0.2) is 68.1 Å². The zero-order valence-corrected chi connectivity index (χ0v) is 22.0. The van der Waals surface area contributed by atoms with E-state index in [-0.39, 0.29) is 30.6 Å². The van der Waals surface area contributed by atoms with E-state index in [2.05, 4.69) is 9.44 Å². The lowest BCUT2D eigenvalue weighted by Crippen LogP contribution is -2.57. The maximum absolute atomic E-state index is 13.5. The Morgan fingerprint density at radius 2 is 1.63 bits per heavy atom. The molecule has 10 nitrogen and oxygen atoms in total. The van der Waals surface area contributed by atoms with Gasteiger partial charge in [-0.15, -0.1) is 0 Å². The smallest absolute Gasteiger partial charge is 0.277 e. The van der Waals surface area contributed by atoms with Crippen molar-refractivity contribution >= 4 is 38.6 Å². The van der Waals surface area contributed by atoms with Crippen LogP contribution < -0.4 is 15.2 Å². The molecule has 1 aliphatic heterocycles. The number of hydrogen-bond donors (Lipinski definition) is 4. The van der Waals surface area contributed by atoms with Crippen molar-refractivity contribution in [3.05, 3.63) is 83.4 Å². The lowest BCUT2D eigenvalue weighted by atomic mass is 10.0. The molecule has 5 N–H and O–H groups in total. The lowest BCUT2D eigenvalue weighted by Gasteiger charge is -2.36. The third kappa shape index (κ3) is 6.74. The highest BCUT2D eigenvalue weighted by Crippen LogP contribution is 2.18. The van der Waals surface area contributed by atoms with E-state index in [4.69, 9.17) is 11.1 Å². The minimum Gasteiger partial charge on any atom is -0.384 e. The van der Waals surface area contributed by atoms with Gasteiger partial charge in [0.1, 0.15) is 11.9 Å². The van der Waals surface area contributed by atoms with Gasteiger partial charge in [0.2, 0.25) is 11.8 Å². The zero-order valence-electron chi connectivity index (χ0n) is 21.2. The van der Waals surface area contributed by atoms with E-state index in [0.717, 1.165) is 16.3 Å². The highest BCUT2D eigenvalue weighted by atomic mass is 32.2. The van der Waals surface area contributed by atoms with Crippen LogP contribution in [0.25, 0.3) is 10.8 Å². The predicted molar refractivity (Wildman–Crippen MR) is 147 cm³/mol. The number of nitrogen functional groups attached to an aromatic ring is 1. The predicted octanol–water partition coefficient (Wildman–Crippen LogP) is 1.35. The van der Waals surface area contributed by atoms with Gasteiger partial charge in [0.05, 0.1) is 0 Å². The molecule has 0 unspecified atom stereocenters. The van der Waals surface area contributed by atoms with Gasteiger partial charge in [-0.1, -0.05) is 60.7 Å². The monoisotopic (exact) mass is 536 g/mol. The van der Waals surface area contributed by atoms with Crippen molar-refractivity contribution in [1.82, 2.24) is 19.2 Å². The van der Waals surface area contributed by atoms with Gasteiger partial charge in [-0.3, -0.25) is 15.0 Å². The fraction of sp³-hybridized carbons (Fsp3) is 0.296. The maximum atomic E-state index is 13.5. The van der Waals surface area contributed by atoms with E-state index >= 15 is 0 Å². The Morgan fingerprint density at radius 3 is 2.34 bits per heavy atom. The van der Waals surface area contributed by atoms with Gasteiger partial charge in [0, 0.05) is 45.2 Å². The second-order valence-electron chi connectivity index (χ2n) is 9.28. The van der Waals surface area contributed by atoms with Crippen LogP contribution in [0.1, 0.15) is 23.6 Å². The number of carbonyl (C=O) groups is 2. The van der Waals surface area contributed by atoms with Crippen LogP contribution in [0, 0.1) is 5.41 Å². The molecule has 11 heteroatoms. The number of piperazine rings is 1. The first-order valence-electron chi connectivity index (χ1n) is 12.3. The molecule has 1 aliphatic rings. The summed E-state index contributed by atoms with van der Waals surface area (Å²) in [5.74, 6) is -0.558. The number of nitrogens with two attached hydrogens (primary N) is 1. The summed E-state index contributed by atoms with van der Waals surface area (Å²) in [5.41, 5.74) is 7.58. The number of hydrogen-bond acceptors (Lipinski definition) is 5. The summed E-state index contributed by atoms with van der Waals surface area (Å²) in [4.78, 5) is 28.4. The van der Waals surface area contributed by atoms with Gasteiger partial charge in [-0.05, 0) is 34.4 Å². The third-order valence-electron chi connectivity index (χ3n) is 6.64. The molecule has 1 saturated heterocycles. The summed E-state index contributed by atoms with van der Waals surface area (Å²) in [6, 6.07) is 19.1. The first-order chi connectivity index (χ1) is 18.1. The van der Waals surface area contributed by atoms with Crippen molar-refractivity contribution in [3.63, 3.8) is 0 Å².